The molecule has 5 nitrogen and oxygen atoms in total. The lowest BCUT2D eigenvalue weighted by atomic mass is 9.87. The van der Waals surface area contributed by atoms with Crippen LogP contribution in [0.25, 0.3) is 0 Å². The summed E-state index contributed by atoms with van der Waals surface area (Å²) in [6, 6.07) is 12.5. The molecule has 0 saturated carbocycles. The Kier molecular flexibility index (Phi) is 10.5. The minimum absolute atomic E-state index is 0.0958. The van der Waals surface area contributed by atoms with Gasteiger partial charge in [0.1, 0.15) is 17.1 Å². The van der Waals surface area contributed by atoms with Crippen molar-refractivity contribution >= 4 is 17.6 Å². The van der Waals surface area contributed by atoms with E-state index in [0.29, 0.717) is 16.9 Å². The number of amides is 1. The fourth-order valence-corrected chi connectivity index (χ4v) is 3.42. The van der Waals surface area contributed by atoms with Crippen molar-refractivity contribution in [1.29, 1.82) is 0 Å². The summed E-state index contributed by atoms with van der Waals surface area (Å²) >= 11 is 0. The fourth-order valence-electron chi connectivity index (χ4n) is 3.42. The molecule has 1 aliphatic rings. The van der Waals surface area contributed by atoms with E-state index >= 15 is 0 Å². The number of phenols is 1. The number of anilines is 1. The predicted molar refractivity (Wildman–Crippen MR) is 143 cm³/mol. The lowest BCUT2D eigenvalue weighted by Gasteiger charge is -2.18. The number of phenolic OH excluding ortho intramolecular Hbond substituents is 1. The largest absolute Gasteiger partial charge is 0.507 e. The molecule has 0 fully saturated rings. The molecule has 0 unspecified atom stereocenters. The van der Waals surface area contributed by atoms with E-state index < -0.39 is 5.97 Å². The molecular formula is C30H37NO4. The van der Waals surface area contributed by atoms with Gasteiger partial charge in [-0.3, -0.25) is 4.79 Å². The van der Waals surface area contributed by atoms with Gasteiger partial charge in [-0.2, -0.15) is 0 Å². The molecule has 2 aromatic rings. The molecule has 0 heterocycles. The molecule has 0 spiro atoms. The molecule has 0 atom stereocenters. The fraction of sp³-hybridized carbons (Fsp3) is 0.333. The van der Waals surface area contributed by atoms with E-state index in [0.717, 1.165) is 12.8 Å². The first-order valence-corrected chi connectivity index (χ1v) is 11.9. The maximum Gasteiger partial charge on any atom is 0.347 e. The Morgan fingerprint density at radius 1 is 0.971 bits per heavy atom. The van der Waals surface area contributed by atoms with E-state index in [-0.39, 0.29) is 17.2 Å². The molecule has 3 rings (SSSR count). The van der Waals surface area contributed by atoms with Crippen LogP contribution in [0.3, 0.4) is 0 Å². The van der Waals surface area contributed by atoms with Gasteiger partial charge >= 0.3 is 5.97 Å². The van der Waals surface area contributed by atoms with Crippen molar-refractivity contribution in [2.75, 3.05) is 5.32 Å². The van der Waals surface area contributed by atoms with Crippen LogP contribution in [0, 0.1) is 5.41 Å². The summed E-state index contributed by atoms with van der Waals surface area (Å²) < 4.78 is 5.13. The number of carbonyl (C=O) groups is 2. The summed E-state index contributed by atoms with van der Waals surface area (Å²) in [5.41, 5.74) is 4.05. The molecule has 5 heteroatoms. The van der Waals surface area contributed by atoms with Gasteiger partial charge in [0.2, 0.25) is 5.91 Å². The van der Waals surface area contributed by atoms with Gasteiger partial charge < -0.3 is 15.2 Å². The summed E-state index contributed by atoms with van der Waals surface area (Å²) in [5.74, 6) is -0.626. The minimum Gasteiger partial charge on any atom is -0.507 e. The monoisotopic (exact) mass is 475 g/mol. The lowest BCUT2D eigenvalue weighted by molar-refractivity contribution is -0.114. The van der Waals surface area contributed by atoms with Gasteiger partial charge in [0.25, 0.3) is 0 Å². The van der Waals surface area contributed by atoms with Crippen molar-refractivity contribution in [2.45, 2.75) is 60.3 Å². The van der Waals surface area contributed by atoms with Crippen molar-refractivity contribution in [2.24, 2.45) is 5.41 Å². The Hall–Kier alpha value is -3.60. The summed E-state index contributed by atoms with van der Waals surface area (Å²) in [5, 5.41) is 12.2. The molecule has 0 aromatic heterocycles. The normalized spacial score (nSPS) is 15.3. The number of aromatic hydroxyl groups is 1. The van der Waals surface area contributed by atoms with Gasteiger partial charge in [-0.15, -0.1) is 0 Å². The predicted octanol–water partition coefficient (Wildman–Crippen LogP) is 7.61. The molecule has 0 radical (unpaired) electrons. The highest BCUT2D eigenvalue weighted by Crippen LogP contribution is 2.26. The minimum atomic E-state index is -0.643. The molecule has 0 bridgehead atoms. The number of benzene rings is 2. The summed E-state index contributed by atoms with van der Waals surface area (Å²) in [4.78, 5) is 22.7. The van der Waals surface area contributed by atoms with Crippen molar-refractivity contribution in [3.05, 3.63) is 89.5 Å². The second-order valence-corrected chi connectivity index (χ2v) is 9.55. The van der Waals surface area contributed by atoms with Crippen LogP contribution in [0.1, 0.15) is 70.7 Å². The van der Waals surface area contributed by atoms with E-state index in [1.54, 1.807) is 36.4 Å². The van der Waals surface area contributed by atoms with Crippen molar-refractivity contribution in [3.63, 3.8) is 0 Å². The standard InChI is InChI=1S/C15H13NO4.C15H24/c1-10(17)16-11-6-8-12(9-7-11)20-15(19)13-4-2-3-5-14(13)18;1-13-7-5-8-14(2)10-12-15(3,4)11-6-9-13/h2-9,18H,1H3,(H,16,17);6-7,10-11H,5,8-9,12H2,1-4H3. The topological polar surface area (TPSA) is 75.6 Å². The first-order valence-electron chi connectivity index (χ1n) is 11.9. The van der Waals surface area contributed by atoms with E-state index in [9.17, 15) is 14.7 Å². The number of nitrogens with one attached hydrogen (secondary N) is 1. The van der Waals surface area contributed by atoms with Crippen LogP contribution in [-0.2, 0) is 4.79 Å². The number of carbonyl (C=O) groups excluding carboxylic acids is 2. The van der Waals surface area contributed by atoms with Crippen LogP contribution in [0.2, 0.25) is 0 Å². The number of para-hydroxylation sites is 1. The average Bonchev–Trinajstić information content (AvgIpc) is 2.81. The third-order valence-corrected chi connectivity index (χ3v) is 5.53. The molecular weight excluding hydrogens is 438 g/mol. The molecule has 2 aromatic carbocycles. The number of rotatable bonds is 3. The molecule has 35 heavy (non-hydrogen) atoms. The lowest BCUT2D eigenvalue weighted by Crippen LogP contribution is -2.09. The second kappa shape index (κ2) is 13.3. The van der Waals surface area contributed by atoms with E-state index in [4.69, 9.17) is 4.74 Å². The molecule has 186 valence electrons. The van der Waals surface area contributed by atoms with Gasteiger partial charge in [-0.05, 0) is 81.3 Å². The van der Waals surface area contributed by atoms with Crippen molar-refractivity contribution in [1.82, 2.24) is 0 Å². The highest BCUT2D eigenvalue weighted by Gasteiger charge is 2.13. The SMILES string of the molecule is CC(=O)Nc1ccc(OC(=O)c2ccccc2O)cc1.CC1=CCCC(C)=CCC(C)(C)C=CC1. The van der Waals surface area contributed by atoms with E-state index in [1.165, 1.54) is 43.0 Å². The highest BCUT2D eigenvalue weighted by atomic mass is 16.5. The van der Waals surface area contributed by atoms with Crippen LogP contribution >= 0.6 is 0 Å². The first-order chi connectivity index (χ1) is 16.6. The Morgan fingerprint density at radius 3 is 2.31 bits per heavy atom. The van der Waals surface area contributed by atoms with Crippen LogP contribution in [-0.4, -0.2) is 17.0 Å². The Morgan fingerprint density at radius 2 is 1.66 bits per heavy atom. The zero-order valence-corrected chi connectivity index (χ0v) is 21.4. The average molecular weight is 476 g/mol. The van der Waals surface area contributed by atoms with Crippen LogP contribution in [0.4, 0.5) is 5.69 Å². The number of allylic oxidation sites excluding steroid dienone is 6. The molecule has 1 aliphatic carbocycles. The number of esters is 1. The zero-order chi connectivity index (χ0) is 25.8. The maximum absolute atomic E-state index is 11.8. The summed E-state index contributed by atoms with van der Waals surface area (Å²) in [6.07, 6.45) is 14.1. The van der Waals surface area contributed by atoms with Gasteiger partial charge in [0, 0.05) is 12.6 Å². The van der Waals surface area contributed by atoms with Crippen LogP contribution in [0.15, 0.2) is 84.0 Å². The van der Waals surface area contributed by atoms with Gasteiger partial charge in [0.05, 0.1) is 0 Å². The highest BCUT2D eigenvalue weighted by molar-refractivity contribution is 5.94. The molecule has 2 N–H and O–H groups in total. The van der Waals surface area contributed by atoms with E-state index in [2.05, 4.69) is 57.3 Å². The van der Waals surface area contributed by atoms with Gasteiger partial charge in [-0.25, -0.2) is 4.79 Å². The van der Waals surface area contributed by atoms with Crippen molar-refractivity contribution < 1.29 is 19.4 Å². The number of ether oxygens (including phenoxy) is 1. The Labute approximate surface area is 209 Å². The molecule has 0 saturated heterocycles. The van der Waals surface area contributed by atoms with Crippen LogP contribution in [0.5, 0.6) is 11.5 Å². The van der Waals surface area contributed by atoms with Crippen molar-refractivity contribution in [3.8, 4) is 11.5 Å². The smallest absolute Gasteiger partial charge is 0.347 e. The van der Waals surface area contributed by atoms with Gasteiger partial charge in [-0.1, -0.05) is 61.4 Å². The Balaban J connectivity index is 0.000000258. The first kappa shape index (κ1) is 27.6. The van der Waals surface area contributed by atoms with Crippen LogP contribution < -0.4 is 10.1 Å². The number of hydrogen-bond acceptors (Lipinski definition) is 4. The molecule has 0 aliphatic heterocycles. The maximum atomic E-state index is 11.8. The second-order valence-electron chi connectivity index (χ2n) is 9.55. The third kappa shape index (κ3) is 10.5. The molecule has 1 amide bonds. The Bertz CT molecular complexity index is 1090. The third-order valence-electron chi connectivity index (χ3n) is 5.53. The zero-order valence-electron chi connectivity index (χ0n) is 21.4. The number of hydrogen-bond donors (Lipinski definition) is 2. The van der Waals surface area contributed by atoms with Gasteiger partial charge in [0.15, 0.2) is 0 Å². The quantitative estimate of drug-likeness (QED) is 0.272. The summed E-state index contributed by atoms with van der Waals surface area (Å²) in [7, 11) is 0. The summed E-state index contributed by atoms with van der Waals surface area (Å²) in [6.45, 7) is 10.5. The van der Waals surface area contributed by atoms with E-state index in [1.807, 2.05) is 0 Å².